The summed E-state index contributed by atoms with van der Waals surface area (Å²) >= 11 is 0. The van der Waals surface area contributed by atoms with E-state index in [1.165, 1.54) is 28.6 Å². The summed E-state index contributed by atoms with van der Waals surface area (Å²) in [6.45, 7) is 9.92. The van der Waals surface area contributed by atoms with Gasteiger partial charge < -0.3 is 24.9 Å². The van der Waals surface area contributed by atoms with E-state index in [2.05, 4.69) is 41.8 Å². The number of nitriles is 1. The van der Waals surface area contributed by atoms with Crippen molar-refractivity contribution in [3.05, 3.63) is 131 Å². The Kier molecular flexibility index (Phi) is 13.1. The second-order valence-electron chi connectivity index (χ2n) is 15.1. The van der Waals surface area contributed by atoms with Crippen molar-refractivity contribution in [2.75, 3.05) is 75.2 Å². The topological polar surface area (TPSA) is 106 Å². The van der Waals surface area contributed by atoms with Crippen LogP contribution in [0.3, 0.4) is 0 Å². The summed E-state index contributed by atoms with van der Waals surface area (Å²) in [6.07, 6.45) is 10.5. The van der Waals surface area contributed by atoms with Gasteiger partial charge >= 0.3 is 5.97 Å². The number of aromatic nitrogens is 2. The molecule has 4 aromatic carbocycles. The standard InChI is InChI=1S/C23H25FN4.C23H26FN3O2/c24-20-5-3-6-21(15-20)28-12-10-27(11-13-28)9-2-1-4-19-17-26-23-8-7-18(16-25)14-22(19)23;24-19-5-3-6-20(15-19)27-12-10-26(11-13-27)9-2-1-4-18-16-25-22-8-7-17(23(28)29)14-21(18)22/h3,5-8,14-15,17,26H,1-2,4,9-13H2;3,5-8,14-16,25H,1-2,4,9-13H2,(H,28,29). The third kappa shape index (κ3) is 10.4. The molecule has 0 spiro atoms. The molecule has 57 heavy (non-hydrogen) atoms. The minimum absolute atomic E-state index is 0.167. The van der Waals surface area contributed by atoms with E-state index in [9.17, 15) is 18.7 Å². The highest BCUT2D eigenvalue weighted by Crippen LogP contribution is 2.24. The van der Waals surface area contributed by atoms with Crippen LogP contribution in [0.15, 0.2) is 97.3 Å². The number of hydrogen-bond acceptors (Lipinski definition) is 6. The fraction of sp³-hybridized carbons (Fsp3) is 0.348. The van der Waals surface area contributed by atoms with E-state index >= 15 is 0 Å². The number of aromatic amines is 2. The zero-order valence-corrected chi connectivity index (χ0v) is 32.4. The lowest BCUT2D eigenvalue weighted by Gasteiger charge is -2.36. The molecule has 4 heterocycles. The molecule has 0 bridgehead atoms. The number of benzene rings is 4. The van der Waals surface area contributed by atoms with Gasteiger partial charge in [0.2, 0.25) is 0 Å². The SMILES string of the molecule is N#Cc1ccc2[nH]cc(CCCCN3CCN(c4cccc(F)c4)CC3)c2c1.O=C(O)c1ccc2[nH]cc(CCCCN3CCN(c4cccc(F)c4)CC3)c2c1. The summed E-state index contributed by atoms with van der Waals surface area (Å²) in [5, 5.41) is 20.5. The molecule has 296 valence electrons. The molecule has 0 unspecified atom stereocenters. The molecular formula is C46H51F2N7O2. The lowest BCUT2D eigenvalue weighted by atomic mass is 10.0. The number of unbranched alkanes of at least 4 members (excludes halogenated alkanes) is 2. The maximum Gasteiger partial charge on any atom is 0.335 e. The predicted molar refractivity (Wildman–Crippen MR) is 224 cm³/mol. The van der Waals surface area contributed by atoms with Crippen molar-refractivity contribution < 1.29 is 18.7 Å². The molecule has 2 fully saturated rings. The number of halogens is 2. The molecule has 0 saturated carbocycles. The lowest BCUT2D eigenvalue weighted by Crippen LogP contribution is -2.46. The molecule has 9 nitrogen and oxygen atoms in total. The highest BCUT2D eigenvalue weighted by atomic mass is 19.1. The van der Waals surface area contributed by atoms with Crippen molar-refractivity contribution >= 4 is 39.1 Å². The van der Waals surface area contributed by atoms with E-state index < -0.39 is 5.97 Å². The van der Waals surface area contributed by atoms with Gasteiger partial charge in [0.05, 0.1) is 17.2 Å². The molecule has 0 amide bonds. The van der Waals surface area contributed by atoms with Crippen molar-refractivity contribution in [3.8, 4) is 6.07 Å². The number of hydrogen-bond donors (Lipinski definition) is 3. The van der Waals surface area contributed by atoms with Crippen molar-refractivity contribution in [1.82, 2.24) is 19.8 Å². The summed E-state index contributed by atoms with van der Waals surface area (Å²) in [7, 11) is 0. The minimum atomic E-state index is -0.892. The van der Waals surface area contributed by atoms with Gasteiger partial charge in [-0.2, -0.15) is 5.26 Å². The van der Waals surface area contributed by atoms with Crippen molar-refractivity contribution in [2.24, 2.45) is 0 Å². The number of carboxylic acids is 1. The molecule has 2 aromatic heterocycles. The summed E-state index contributed by atoms with van der Waals surface area (Å²) < 4.78 is 26.8. The van der Waals surface area contributed by atoms with Crippen LogP contribution in [0, 0.1) is 23.0 Å². The van der Waals surface area contributed by atoms with E-state index in [0.29, 0.717) is 11.1 Å². The molecule has 2 aliphatic rings. The van der Waals surface area contributed by atoms with Crippen LogP contribution in [-0.4, -0.2) is 96.3 Å². The first-order valence-electron chi connectivity index (χ1n) is 20.1. The highest BCUT2D eigenvalue weighted by molar-refractivity contribution is 5.94. The number of nitrogens with zero attached hydrogens (tertiary/aromatic N) is 5. The Morgan fingerprint density at radius 2 is 1.12 bits per heavy atom. The minimum Gasteiger partial charge on any atom is -0.478 e. The Hall–Kier alpha value is -5.70. The Bertz CT molecular complexity index is 2300. The number of fused-ring (bicyclic) bond motifs is 2. The Morgan fingerprint density at radius 3 is 1.60 bits per heavy atom. The zero-order chi connectivity index (χ0) is 39.6. The summed E-state index contributed by atoms with van der Waals surface area (Å²) in [5.74, 6) is -1.24. The van der Waals surface area contributed by atoms with Crippen LogP contribution in [0.4, 0.5) is 20.2 Å². The first kappa shape index (κ1) is 39.5. The lowest BCUT2D eigenvalue weighted by molar-refractivity contribution is 0.0697. The van der Waals surface area contributed by atoms with Crippen LogP contribution in [0.2, 0.25) is 0 Å². The van der Waals surface area contributed by atoms with Gasteiger partial charge in [0, 0.05) is 97.9 Å². The van der Waals surface area contributed by atoms with Crippen LogP contribution < -0.4 is 9.80 Å². The van der Waals surface area contributed by atoms with Gasteiger partial charge in [-0.3, -0.25) is 9.80 Å². The predicted octanol–water partition coefficient (Wildman–Crippen LogP) is 8.47. The Morgan fingerprint density at radius 1 is 0.632 bits per heavy atom. The van der Waals surface area contributed by atoms with E-state index in [4.69, 9.17) is 5.26 Å². The number of nitrogens with one attached hydrogen (secondary N) is 2. The molecule has 11 heteroatoms. The average molecular weight is 772 g/mol. The maximum atomic E-state index is 13.4. The van der Waals surface area contributed by atoms with Gasteiger partial charge in [-0.15, -0.1) is 0 Å². The monoisotopic (exact) mass is 771 g/mol. The molecule has 2 aliphatic heterocycles. The van der Waals surface area contributed by atoms with Crippen LogP contribution in [0.25, 0.3) is 21.8 Å². The number of rotatable bonds is 13. The normalized spacial score (nSPS) is 15.1. The van der Waals surface area contributed by atoms with E-state index in [-0.39, 0.29) is 11.6 Å². The van der Waals surface area contributed by atoms with Crippen LogP contribution >= 0.6 is 0 Å². The third-order valence-corrected chi connectivity index (χ3v) is 11.3. The quantitative estimate of drug-likeness (QED) is 0.101. The first-order valence-corrected chi connectivity index (χ1v) is 20.1. The molecule has 2 saturated heterocycles. The molecule has 0 radical (unpaired) electrons. The second kappa shape index (κ2) is 19.0. The number of carboxylic acid groups (broad SMARTS) is 1. The van der Waals surface area contributed by atoms with Crippen LogP contribution in [0.1, 0.15) is 52.7 Å². The van der Waals surface area contributed by atoms with Crippen LogP contribution in [-0.2, 0) is 12.8 Å². The number of aromatic carboxylic acids is 1. The van der Waals surface area contributed by atoms with Crippen molar-refractivity contribution in [3.63, 3.8) is 0 Å². The summed E-state index contributed by atoms with van der Waals surface area (Å²) in [5.41, 5.74) is 7.54. The third-order valence-electron chi connectivity index (χ3n) is 11.3. The van der Waals surface area contributed by atoms with E-state index in [0.717, 1.165) is 132 Å². The molecule has 8 rings (SSSR count). The fourth-order valence-electron chi connectivity index (χ4n) is 8.08. The molecule has 0 atom stereocenters. The molecule has 3 N–H and O–H groups in total. The van der Waals surface area contributed by atoms with Gasteiger partial charge in [-0.1, -0.05) is 12.1 Å². The van der Waals surface area contributed by atoms with Gasteiger partial charge in [-0.05, 0) is 136 Å². The molecule has 0 aliphatic carbocycles. The Labute approximate surface area is 333 Å². The largest absolute Gasteiger partial charge is 0.478 e. The number of H-pyrrole nitrogens is 2. The van der Waals surface area contributed by atoms with E-state index in [1.807, 2.05) is 42.6 Å². The van der Waals surface area contributed by atoms with Gasteiger partial charge in [0.15, 0.2) is 0 Å². The summed E-state index contributed by atoms with van der Waals surface area (Å²) in [4.78, 5) is 27.2. The Balaban J connectivity index is 0.000000174. The number of aryl methyl sites for hydroxylation is 2. The second-order valence-corrected chi connectivity index (χ2v) is 15.1. The van der Waals surface area contributed by atoms with Gasteiger partial charge in [-0.25, -0.2) is 13.6 Å². The van der Waals surface area contributed by atoms with Crippen molar-refractivity contribution in [2.45, 2.75) is 38.5 Å². The zero-order valence-electron chi connectivity index (χ0n) is 32.4. The molecule has 6 aromatic rings. The van der Waals surface area contributed by atoms with Gasteiger partial charge in [0.25, 0.3) is 0 Å². The number of carbonyl (C=O) groups is 1. The first-order chi connectivity index (χ1) is 27.8. The van der Waals surface area contributed by atoms with E-state index in [1.54, 1.807) is 36.4 Å². The molecular weight excluding hydrogens is 721 g/mol. The van der Waals surface area contributed by atoms with Crippen LogP contribution in [0.5, 0.6) is 0 Å². The smallest absolute Gasteiger partial charge is 0.335 e. The number of piperazine rings is 2. The fourth-order valence-corrected chi connectivity index (χ4v) is 8.08. The maximum absolute atomic E-state index is 13.4. The average Bonchev–Trinajstić information content (AvgIpc) is 3.84. The highest BCUT2D eigenvalue weighted by Gasteiger charge is 2.19. The van der Waals surface area contributed by atoms with Crippen molar-refractivity contribution in [1.29, 1.82) is 5.26 Å². The number of anilines is 2. The summed E-state index contributed by atoms with van der Waals surface area (Å²) in [6, 6.07) is 27.0. The van der Waals surface area contributed by atoms with Gasteiger partial charge in [0.1, 0.15) is 11.6 Å².